The number of para-hydroxylation sites is 1. The zero-order valence-electron chi connectivity index (χ0n) is 14.0. The number of hydrogen-bond acceptors (Lipinski definition) is 5. The fraction of sp³-hybridized carbons (Fsp3) is 0.100. The maximum absolute atomic E-state index is 12.8. The largest absolute Gasteiger partial charge is 0.440 e. The van der Waals surface area contributed by atoms with E-state index in [1.54, 1.807) is 12.1 Å². The summed E-state index contributed by atoms with van der Waals surface area (Å²) < 4.78 is 11.3. The molecule has 1 atom stereocenters. The Labute approximate surface area is 154 Å². The Kier molecular flexibility index (Phi) is 3.77. The van der Waals surface area contributed by atoms with E-state index in [0.29, 0.717) is 27.9 Å². The second-order valence-electron chi connectivity index (χ2n) is 6.22. The SMILES string of the molecule is Cc1ccc(C2C(C(N)=S)=C(N)Oc3c2c(=O)oc2ccccc32)cc1. The predicted octanol–water partition coefficient (Wildman–Crippen LogP) is 3.08. The third kappa shape index (κ3) is 2.46. The van der Waals surface area contributed by atoms with Gasteiger partial charge in [-0.15, -0.1) is 0 Å². The summed E-state index contributed by atoms with van der Waals surface area (Å²) in [6, 6.07) is 14.9. The lowest BCUT2D eigenvalue weighted by Crippen LogP contribution is -2.32. The third-order valence-corrected chi connectivity index (χ3v) is 4.75. The molecular weight excluding hydrogens is 348 g/mol. The van der Waals surface area contributed by atoms with Crippen molar-refractivity contribution in [2.45, 2.75) is 12.8 Å². The first-order valence-electron chi connectivity index (χ1n) is 8.07. The Hall–Kier alpha value is -3.12. The van der Waals surface area contributed by atoms with Crippen molar-refractivity contribution in [3.63, 3.8) is 0 Å². The van der Waals surface area contributed by atoms with Crippen LogP contribution in [0.1, 0.15) is 22.6 Å². The first kappa shape index (κ1) is 16.4. The molecule has 5 nitrogen and oxygen atoms in total. The number of thiocarbonyl (C=S) groups is 1. The molecular formula is C20H16N2O3S. The molecule has 0 amide bonds. The average Bonchev–Trinajstić information content (AvgIpc) is 2.61. The molecule has 0 saturated heterocycles. The van der Waals surface area contributed by atoms with Crippen molar-refractivity contribution in [3.05, 3.63) is 87.1 Å². The van der Waals surface area contributed by atoms with Gasteiger partial charge in [0, 0.05) is 0 Å². The molecule has 3 aromatic rings. The van der Waals surface area contributed by atoms with Gasteiger partial charge in [0.25, 0.3) is 0 Å². The van der Waals surface area contributed by atoms with Gasteiger partial charge in [0.05, 0.1) is 22.4 Å². The van der Waals surface area contributed by atoms with Gasteiger partial charge in [0.15, 0.2) is 11.6 Å². The van der Waals surface area contributed by atoms with E-state index >= 15 is 0 Å². The fourth-order valence-corrected chi connectivity index (χ4v) is 3.52. The van der Waals surface area contributed by atoms with Crippen LogP contribution in [0.3, 0.4) is 0 Å². The van der Waals surface area contributed by atoms with Gasteiger partial charge in [-0.1, -0.05) is 54.2 Å². The second kappa shape index (κ2) is 6.00. The van der Waals surface area contributed by atoms with Gasteiger partial charge in [-0.05, 0) is 24.6 Å². The highest BCUT2D eigenvalue weighted by atomic mass is 32.1. The van der Waals surface area contributed by atoms with Crippen LogP contribution in [0.25, 0.3) is 11.0 Å². The summed E-state index contributed by atoms with van der Waals surface area (Å²) in [5.74, 6) is -0.0519. The summed E-state index contributed by atoms with van der Waals surface area (Å²) in [7, 11) is 0. The lowest BCUT2D eigenvalue weighted by atomic mass is 9.83. The van der Waals surface area contributed by atoms with E-state index < -0.39 is 11.5 Å². The van der Waals surface area contributed by atoms with Crippen LogP contribution >= 0.6 is 12.2 Å². The summed E-state index contributed by atoms with van der Waals surface area (Å²) in [5, 5.41) is 0.671. The molecule has 4 rings (SSSR count). The van der Waals surface area contributed by atoms with Crippen LogP contribution in [-0.2, 0) is 0 Å². The van der Waals surface area contributed by atoms with Gasteiger partial charge in [-0.2, -0.15) is 0 Å². The molecule has 0 saturated carbocycles. The highest BCUT2D eigenvalue weighted by molar-refractivity contribution is 7.80. The average molecular weight is 364 g/mol. The number of nitrogens with two attached hydrogens (primary N) is 2. The molecule has 0 fully saturated rings. The zero-order valence-corrected chi connectivity index (χ0v) is 14.8. The number of aryl methyl sites for hydroxylation is 1. The van der Waals surface area contributed by atoms with Crippen LogP contribution in [0.5, 0.6) is 5.75 Å². The van der Waals surface area contributed by atoms with Crippen LogP contribution in [0, 0.1) is 6.92 Å². The molecule has 1 aliphatic heterocycles. The van der Waals surface area contributed by atoms with Gasteiger partial charge in [0.1, 0.15) is 10.6 Å². The molecule has 130 valence electrons. The summed E-state index contributed by atoms with van der Waals surface area (Å²) in [4.78, 5) is 12.9. The van der Waals surface area contributed by atoms with Crippen molar-refractivity contribution in [1.82, 2.24) is 0 Å². The Morgan fingerprint density at radius 1 is 1.12 bits per heavy atom. The van der Waals surface area contributed by atoms with Crippen LogP contribution in [-0.4, -0.2) is 4.99 Å². The molecule has 6 heteroatoms. The summed E-state index contributed by atoms with van der Waals surface area (Å²) >= 11 is 5.19. The monoisotopic (exact) mass is 364 g/mol. The van der Waals surface area contributed by atoms with E-state index in [1.807, 2.05) is 43.3 Å². The zero-order chi connectivity index (χ0) is 18.4. The molecule has 0 aliphatic carbocycles. The lowest BCUT2D eigenvalue weighted by Gasteiger charge is -2.28. The topological polar surface area (TPSA) is 91.5 Å². The molecule has 1 aromatic heterocycles. The second-order valence-corrected chi connectivity index (χ2v) is 6.66. The number of hydrogen-bond donors (Lipinski definition) is 2. The van der Waals surface area contributed by atoms with E-state index in [2.05, 4.69) is 0 Å². The van der Waals surface area contributed by atoms with Gasteiger partial charge in [-0.3, -0.25) is 0 Å². The maximum Gasteiger partial charge on any atom is 0.344 e. The Bertz CT molecular complexity index is 1130. The molecule has 26 heavy (non-hydrogen) atoms. The number of rotatable bonds is 2. The summed E-state index contributed by atoms with van der Waals surface area (Å²) in [6.07, 6.45) is 0. The molecule has 2 heterocycles. The minimum absolute atomic E-state index is 0.0892. The highest BCUT2D eigenvalue weighted by Gasteiger charge is 2.36. The molecule has 0 bridgehead atoms. The van der Waals surface area contributed by atoms with Crippen LogP contribution in [0.15, 0.2) is 69.2 Å². The quantitative estimate of drug-likeness (QED) is 0.536. The Morgan fingerprint density at radius 2 is 1.81 bits per heavy atom. The molecule has 0 radical (unpaired) electrons. The van der Waals surface area contributed by atoms with Gasteiger partial charge in [-0.25, -0.2) is 4.79 Å². The van der Waals surface area contributed by atoms with E-state index in [-0.39, 0.29) is 10.9 Å². The van der Waals surface area contributed by atoms with Crippen molar-refractivity contribution < 1.29 is 9.15 Å². The molecule has 0 spiro atoms. The molecule has 1 unspecified atom stereocenters. The fourth-order valence-electron chi connectivity index (χ4n) is 3.30. The van der Waals surface area contributed by atoms with Crippen molar-refractivity contribution in [2.24, 2.45) is 11.5 Å². The summed E-state index contributed by atoms with van der Waals surface area (Å²) in [5.41, 5.74) is 14.7. The van der Waals surface area contributed by atoms with E-state index in [4.69, 9.17) is 32.8 Å². The van der Waals surface area contributed by atoms with E-state index in [1.165, 1.54) is 0 Å². The standard InChI is InChI=1S/C20H16N2O3S/c1-10-6-8-11(9-7-10)14-15-17(25-18(21)16(14)19(22)26)12-4-2-3-5-13(12)24-20(15)23/h2-9,14H,21H2,1H3,(H2,22,26). The molecule has 1 aliphatic rings. The minimum atomic E-state index is -0.544. The van der Waals surface area contributed by atoms with E-state index in [0.717, 1.165) is 11.1 Å². The van der Waals surface area contributed by atoms with Crippen LogP contribution in [0.4, 0.5) is 0 Å². The number of ether oxygens (including phenoxy) is 1. The Morgan fingerprint density at radius 3 is 2.50 bits per heavy atom. The normalized spacial score (nSPS) is 16.3. The maximum atomic E-state index is 12.8. The number of benzene rings is 2. The third-order valence-electron chi connectivity index (χ3n) is 4.53. The minimum Gasteiger partial charge on any atom is -0.440 e. The van der Waals surface area contributed by atoms with Gasteiger partial charge < -0.3 is 20.6 Å². The molecule has 4 N–H and O–H groups in total. The molecule has 2 aromatic carbocycles. The number of fused-ring (bicyclic) bond motifs is 3. The van der Waals surface area contributed by atoms with Crippen molar-refractivity contribution in [1.29, 1.82) is 0 Å². The first-order valence-corrected chi connectivity index (χ1v) is 8.48. The first-order chi connectivity index (χ1) is 12.5. The Balaban J connectivity index is 2.08. The smallest absolute Gasteiger partial charge is 0.344 e. The van der Waals surface area contributed by atoms with Crippen molar-refractivity contribution in [3.8, 4) is 5.75 Å². The van der Waals surface area contributed by atoms with E-state index in [9.17, 15) is 4.79 Å². The highest BCUT2D eigenvalue weighted by Crippen LogP contribution is 2.43. The summed E-state index contributed by atoms with van der Waals surface area (Å²) in [6.45, 7) is 1.99. The predicted molar refractivity (Wildman–Crippen MR) is 104 cm³/mol. The lowest BCUT2D eigenvalue weighted by molar-refractivity contribution is 0.389. The van der Waals surface area contributed by atoms with Gasteiger partial charge in [0.2, 0.25) is 0 Å². The van der Waals surface area contributed by atoms with Crippen molar-refractivity contribution >= 4 is 28.2 Å². The van der Waals surface area contributed by atoms with Gasteiger partial charge >= 0.3 is 5.63 Å². The van der Waals surface area contributed by atoms with Crippen molar-refractivity contribution in [2.75, 3.05) is 0 Å². The van der Waals surface area contributed by atoms with Crippen LogP contribution < -0.4 is 21.8 Å². The van der Waals surface area contributed by atoms with Crippen LogP contribution in [0.2, 0.25) is 0 Å².